The minimum atomic E-state index is -0.705. The summed E-state index contributed by atoms with van der Waals surface area (Å²) >= 11 is 0. The number of hydrogen-bond donors (Lipinski definition) is 1. The SMILES string of the molecule is COc1cccc(C(c2ccc(-c3ccccc3)cc2)N2CCCC(C(=O)O)C2)c1. The normalized spacial score (nSPS) is 18.0. The first kappa shape index (κ1) is 20.2. The average molecular weight is 402 g/mol. The predicted octanol–water partition coefficient (Wildman–Crippen LogP) is 5.25. The van der Waals surface area contributed by atoms with Gasteiger partial charge >= 0.3 is 5.97 Å². The van der Waals surface area contributed by atoms with Crippen molar-refractivity contribution in [2.75, 3.05) is 20.2 Å². The van der Waals surface area contributed by atoms with E-state index in [0.717, 1.165) is 36.3 Å². The summed E-state index contributed by atoms with van der Waals surface area (Å²) in [7, 11) is 1.67. The Kier molecular flexibility index (Phi) is 6.15. The predicted molar refractivity (Wildman–Crippen MR) is 119 cm³/mol. The zero-order chi connectivity index (χ0) is 20.9. The third-order valence-electron chi connectivity index (χ3n) is 5.91. The third-order valence-corrected chi connectivity index (χ3v) is 5.91. The zero-order valence-corrected chi connectivity index (χ0v) is 17.2. The molecule has 0 amide bonds. The van der Waals surface area contributed by atoms with Crippen molar-refractivity contribution in [1.82, 2.24) is 4.90 Å². The first-order valence-electron chi connectivity index (χ1n) is 10.4. The molecule has 4 rings (SSSR count). The van der Waals surface area contributed by atoms with Gasteiger partial charge in [-0.05, 0) is 53.8 Å². The molecule has 2 unspecified atom stereocenters. The van der Waals surface area contributed by atoms with Gasteiger partial charge in [0.2, 0.25) is 0 Å². The lowest BCUT2D eigenvalue weighted by atomic mass is 9.90. The van der Waals surface area contributed by atoms with Crippen LogP contribution in [0.1, 0.15) is 30.0 Å². The van der Waals surface area contributed by atoms with Crippen LogP contribution in [0.15, 0.2) is 78.9 Å². The molecule has 0 radical (unpaired) electrons. The van der Waals surface area contributed by atoms with Crippen molar-refractivity contribution in [3.63, 3.8) is 0 Å². The smallest absolute Gasteiger partial charge is 0.307 e. The Bertz CT molecular complexity index is 985. The minimum Gasteiger partial charge on any atom is -0.497 e. The van der Waals surface area contributed by atoms with E-state index in [2.05, 4.69) is 53.4 Å². The summed E-state index contributed by atoms with van der Waals surface area (Å²) in [6.45, 7) is 1.43. The number of carboxylic acid groups (broad SMARTS) is 1. The van der Waals surface area contributed by atoms with E-state index in [4.69, 9.17) is 4.74 Å². The molecule has 4 nitrogen and oxygen atoms in total. The maximum atomic E-state index is 11.7. The molecule has 154 valence electrons. The van der Waals surface area contributed by atoms with Crippen molar-refractivity contribution >= 4 is 5.97 Å². The van der Waals surface area contributed by atoms with Gasteiger partial charge in [-0.2, -0.15) is 0 Å². The van der Waals surface area contributed by atoms with Crippen molar-refractivity contribution < 1.29 is 14.6 Å². The minimum absolute atomic E-state index is 0.00734. The molecule has 1 aliphatic heterocycles. The summed E-state index contributed by atoms with van der Waals surface area (Å²) in [5.74, 6) is -0.218. The van der Waals surface area contributed by atoms with E-state index < -0.39 is 5.97 Å². The highest BCUT2D eigenvalue weighted by atomic mass is 16.5. The number of rotatable bonds is 6. The number of ether oxygens (including phenoxy) is 1. The quantitative estimate of drug-likeness (QED) is 0.613. The molecule has 0 spiro atoms. The number of piperidine rings is 1. The van der Waals surface area contributed by atoms with Gasteiger partial charge in [-0.3, -0.25) is 9.69 Å². The second kappa shape index (κ2) is 9.14. The van der Waals surface area contributed by atoms with Crippen LogP contribution >= 0.6 is 0 Å². The Labute approximate surface area is 177 Å². The van der Waals surface area contributed by atoms with Gasteiger partial charge in [0.15, 0.2) is 0 Å². The van der Waals surface area contributed by atoms with Crippen LogP contribution in [0.5, 0.6) is 5.75 Å². The van der Waals surface area contributed by atoms with E-state index in [1.165, 1.54) is 11.1 Å². The van der Waals surface area contributed by atoms with E-state index in [0.29, 0.717) is 6.54 Å². The Morgan fingerprint density at radius 2 is 1.70 bits per heavy atom. The number of carbonyl (C=O) groups is 1. The second-order valence-corrected chi connectivity index (χ2v) is 7.84. The number of carboxylic acids is 1. The number of benzene rings is 3. The molecule has 0 saturated carbocycles. The standard InChI is InChI=1S/C26H27NO3/c1-30-24-11-5-9-22(17-24)25(27-16-6-10-23(18-27)26(28)29)21-14-12-20(13-15-21)19-7-3-2-4-8-19/h2-5,7-9,11-15,17,23,25H,6,10,16,18H2,1H3,(H,28,29). The van der Waals surface area contributed by atoms with Gasteiger partial charge in [0, 0.05) is 6.54 Å². The molecule has 1 heterocycles. The fourth-order valence-electron chi connectivity index (χ4n) is 4.36. The molecule has 3 aromatic rings. The van der Waals surface area contributed by atoms with Gasteiger partial charge in [0.1, 0.15) is 5.75 Å². The maximum absolute atomic E-state index is 11.7. The van der Waals surface area contributed by atoms with E-state index in [9.17, 15) is 9.90 Å². The van der Waals surface area contributed by atoms with Crippen LogP contribution in [0.4, 0.5) is 0 Å². The molecule has 1 aliphatic rings. The molecule has 3 aromatic carbocycles. The van der Waals surface area contributed by atoms with Gasteiger partial charge in [0.05, 0.1) is 19.1 Å². The number of methoxy groups -OCH3 is 1. The van der Waals surface area contributed by atoms with Crippen LogP contribution in [0.25, 0.3) is 11.1 Å². The van der Waals surface area contributed by atoms with Gasteiger partial charge in [-0.1, -0.05) is 66.7 Å². The Morgan fingerprint density at radius 1 is 0.967 bits per heavy atom. The van der Waals surface area contributed by atoms with Gasteiger partial charge in [-0.15, -0.1) is 0 Å². The molecule has 0 aromatic heterocycles. The molecule has 0 bridgehead atoms. The molecule has 1 saturated heterocycles. The largest absolute Gasteiger partial charge is 0.497 e. The van der Waals surface area contributed by atoms with Crippen LogP contribution in [0, 0.1) is 5.92 Å². The number of hydrogen-bond acceptors (Lipinski definition) is 3. The topological polar surface area (TPSA) is 49.8 Å². The summed E-state index contributed by atoms with van der Waals surface area (Å²) in [5.41, 5.74) is 4.64. The average Bonchev–Trinajstić information content (AvgIpc) is 2.81. The Hall–Kier alpha value is -3.11. The molecule has 30 heavy (non-hydrogen) atoms. The summed E-state index contributed by atoms with van der Waals surface area (Å²) < 4.78 is 5.45. The van der Waals surface area contributed by atoms with Crippen LogP contribution in [-0.2, 0) is 4.79 Å². The Balaban J connectivity index is 1.70. The number of likely N-dealkylation sites (tertiary alicyclic amines) is 1. The van der Waals surface area contributed by atoms with Crippen LogP contribution < -0.4 is 4.74 Å². The van der Waals surface area contributed by atoms with Gasteiger partial charge in [0.25, 0.3) is 0 Å². The molecular formula is C26H27NO3. The van der Waals surface area contributed by atoms with Crippen LogP contribution in [-0.4, -0.2) is 36.2 Å². The van der Waals surface area contributed by atoms with E-state index in [1.807, 2.05) is 30.3 Å². The highest BCUT2D eigenvalue weighted by Gasteiger charge is 2.31. The molecule has 2 atom stereocenters. The molecule has 0 aliphatic carbocycles. The second-order valence-electron chi connectivity index (χ2n) is 7.84. The van der Waals surface area contributed by atoms with Crippen LogP contribution in [0.3, 0.4) is 0 Å². The summed E-state index contributed by atoms with van der Waals surface area (Å²) in [6, 6.07) is 27.0. The lowest BCUT2D eigenvalue weighted by Gasteiger charge is -2.37. The van der Waals surface area contributed by atoms with Gasteiger partial charge in [-0.25, -0.2) is 0 Å². The van der Waals surface area contributed by atoms with Crippen molar-refractivity contribution in [2.24, 2.45) is 5.92 Å². The van der Waals surface area contributed by atoms with E-state index in [-0.39, 0.29) is 12.0 Å². The van der Waals surface area contributed by atoms with Crippen LogP contribution in [0.2, 0.25) is 0 Å². The molecule has 1 N–H and O–H groups in total. The highest BCUT2D eigenvalue weighted by molar-refractivity contribution is 5.70. The fraction of sp³-hybridized carbons (Fsp3) is 0.269. The third kappa shape index (κ3) is 4.39. The van der Waals surface area contributed by atoms with Crippen molar-refractivity contribution in [1.29, 1.82) is 0 Å². The first-order chi connectivity index (χ1) is 14.7. The highest BCUT2D eigenvalue weighted by Crippen LogP contribution is 2.35. The molecular weight excluding hydrogens is 374 g/mol. The zero-order valence-electron chi connectivity index (χ0n) is 17.2. The first-order valence-corrected chi connectivity index (χ1v) is 10.4. The van der Waals surface area contributed by atoms with E-state index in [1.54, 1.807) is 7.11 Å². The Morgan fingerprint density at radius 3 is 2.40 bits per heavy atom. The number of nitrogens with zero attached hydrogens (tertiary/aromatic N) is 1. The van der Waals surface area contributed by atoms with Crippen molar-refractivity contribution in [3.05, 3.63) is 90.0 Å². The van der Waals surface area contributed by atoms with Crippen molar-refractivity contribution in [3.8, 4) is 16.9 Å². The lowest BCUT2D eigenvalue weighted by molar-refractivity contribution is -0.143. The summed E-state index contributed by atoms with van der Waals surface area (Å²) in [5, 5.41) is 9.58. The number of aliphatic carboxylic acids is 1. The summed E-state index contributed by atoms with van der Waals surface area (Å²) in [4.78, 5) is 14.0. The summed E-state index contributed by atoms with van der Waals surface area (Å²) in [6.07, 6.45) is 1.63. The molecule has 4 heteroatoms. The fourth-order valence-corrected chi connectivity index (χ4v) is 4.36. The van der Waals surface area contributed by atoms with Gasteiger partial charge < -0.3 is 9.84 Å². The maximum Gasteiger partial charge on any atom is 0.307 e. The lowest BCUT2D eigenvalue weighted by Crippen LogP contribution is -2.41. The molecule has 1 fully saturated rings. The van der Waals surface area contributed by atoms with Crippen molar-refractivity contribution in [2.45, 2.75) is 18.9 Å². The van der Waals surface area contributed by atoms with E-state index >= 15 is 0 Å². The monoisotopic (exact) mass is 401 g/mol.